The summed E-state index contributed by atoms with van der Waals surface area (Å²) in [5, 5.41) is 21.3. The minimum atomic E-state index is -1.10. The van der Waals surface area contributed by atoms with E-state index in [1.165, 1.54) is 0 Å². The molecule has 1 amide bonds. The highest BCUT2D eigenvalue weighted by Gasteiger charge is 2.42. The SMILES string of the molecule is CC(C)(C)[C@](CO)(CCc1ccccc1)NC(=O)O. The lowest BCUT2D eigenvalue weighted by atomic mass is 9.71. The summed E-state index contributed by atoms with van der Waals surface area (Å²) >= 11 is 0. The zero-order valence-corrected chi connectivity index (χ0v) is 11.8. The minimum absolute atomic E-state index is 0.213. The molecule has 0 bridgehead atoms. The second kappa shape index (κ2) is 6.06. The molecule has 1 atom stereocenters. The topological polar surface area (TPSA) is 69.6 Å². The monoisotopic (exact) mass is 265 g/mol. The summed E-state index contributed by atoms with van der Waals surface area (Å²) in [6.07, 6.45) is 0.180. The Kier molecular flexibility index (Phi) is 4.95. The highest BCUT2D eigenvalue weighted by Crippen LogP contribution is 2.34. The smallest absolute Gasteiger partial charge is 0.405 e. The van der Waals surface area contributed by atoms with Gasteiger partial charge in [-0.15, -0.1) is 0 Å². The molecule has 0 spiro atoms. The molecule has 0 unspecified atom stereocenters. The molecule has 0 fully saturated rings. The van der Waals surface area contributed by atoms with E-state index in [1.807, 2.05) is 51.1 Å². The van der Waals surface area contributed by atoms with Crippen molar-refractivity contribution in [2.24, 2.45) is 5.41 Å². The van der Waals surface area contributed by atoms with Crippen LogP contribution in [-0.4, -0.2) is 28.5 Å². The molecule has 4 nitrogen and oxygen atoms in total. The second-order valence-corrected chi connectivity index (χ2v) is 5.91. The van der Waals surface area contributed by atoms with Gasteiger partial charge in [0.05, 0.1) is 12.1 Å². The van der Waals surface area contributed by atoms with Crippen molar-refractivity contribution < 1.29 is 15.0 Å². The van der Waals surface area contributed by atoms with E-state index >= 15 is 0 Å². The Labute approximate surface area is 114 Å². The lowest BCUT2D eigenvalue weighted by molar-refractivity contribution is 0.0520. The van der Waals surface area contributed by atoms with E-state index < -0.39 is 11.6 Å². The molecule has 3 N–H and O–H groups in total. The molecule has 0 aliphatic carbocycles. The molecular weight excluding hydrogens is 242 g/mol. The van der Waals surface area contributed by atoms with Gasteiger partial charge in [0.25, 0.3) is 0 Å². The van der Waals surface area contributed by atoms with Crippen molar-refractivity contribution in [2.75, 3.05) is 6.61 Å². The summed E-state index contributed by atoms with van der Waals surface area (Å²) in [6.45, 7) is 5.59. The predicted octanol–water partition coefficient (Wildman–Crippen LogP) is 2.66. The van der Waals surface area contributed by atoms with Gasteiger partial charge in [0.15, 0.2) is 0 Å². The van der Waals surface area contributed by atoms with Crippen LogP contribution < -0.4 is 5.32 Å². The van der Waals surface area contributed by atoms with E-state index in [4.69, 9.17) is 5.11 Å². The number of benzene rings is 1. The van der Waals surface area contributed by atoms with E-state index in [0.29, 0.717) is 6.42 Å². The zero-order chi connectivity index (χ0) is 14.5. The van der Waals surface area contributed by atoms with Crippen molar-refractivity contribution in [2.45, 2.75) is 39.2 Å². The largest absolute Gasteiger partial charge is 0.465 e. The highest BCUT2D eigenvalue weighted by atomic mass is 16.4. The maximum Gasteiger partial charge on any atom is 0.405 e. The summed E-state index contributed by atoms with van der Waals surface area (Å²) in [5.74, 6) is 0. The first-order chi connectivity index (χ1) is 8.81. The van der Waals surface area contributed by atoms with Crippen LogP contribution in [0.3, 0.4) is 0 Å². The van der Waals surface area contributed by atoms with Gasteiger partial charge in [-0.05, 0) is 23.8 Å². The summed E-state index contributed by atoms with van der Waals surface area (Å²) < 4.78 is 0. The van der Waals surface area contributed by atoms with Crippen molar-refractivity contribution >= 4 is 6.09 Å². The van der Waals surface area contributed by atoms with E-state index in [1.54, 1.807) is 0 Å². The van der Waals surface area contributed by atoms with Crippen LogP contribution in [0.1, 0.15) is 32.8 Å². The molecule has 19 heavy (non-hydrogen) atoms. The summed E-state index contributed by atoms with van der Waals surface area (Å²) in [6, 6.07) is 9.87. The molecule has 0 aromatic heterocycles. The minimum Gasteiger partial charge on any atom is -0.465 e. The van der Waals surface area contributed by atoms with Crippen LogP contribution in [0.4, 0.5) is 4.79 Å². The van der Waals surface area contributed by atoms with E-state index in [0.717, 1.165) is 12.0 Å². The number of aliphatic hydroxyl groups is 1. The number of carboxylic acid groups (broad SMARTS) is 1. The highest BCUT2D eigenvalue weighted by molar-refractivity contribution is 5.66. The van der Waals surface area contributed by atoms with Gasteiger partial charge in [0.1, 0.15) is 0 Å². The standard InChI is InChI=1S/C15H23NO3/c1-14(2,3)15(11-17,16-13(18)19)10-9-12-7-5-4-6-8-12/h4-8,16-17H,9-11H2,1-3H3,(H,18,19)/t15-/m1/s1. The van der Waals surface area contributed by atoms with Crippen LogP contribution in [0.2, 0.25) is 0 Å². The zero-order valence-electron chi connectivity index (χ0n) is 11.8. The average molecular weight is 265 g/mol. The Balaban J connectivity index is 2.88. The Morgan fingerprint density at radius 1 is 1.21 bits per heavy atom. The van der Waals surface area contributed by atoms with Gasteiger partial charge in [-0.25, -0.2) is 4.79 Å². The van der Waals surface area contributed by atoms with Crippen LogP contribution in [-0.2, 0) is 6.42 Å². The molecular formula is C15H23NO3. The summed E-state index contributed by atoms with van der Waals surface area (Å²) in [7, 11) is 0. The Morgan fingerprint density at radius 3 is 2.21 bits per heavy atom. The maximum absolute atomic E-state index is 11.0. The number of hydrogen-bond donors (Lipinski definition) is 3. The van der Waals surface area contributed by atoms with Gasteiger partial charge in [-0.1, -0.05) is 51.1 Å². The van der Waals surface area contributed by atoms with Crippen LogP contribution in [0.25, 0.3) is 0 Å². The third-order valence-electron chi connectivity index (χ3n) is 3.74. The molecule has 0 heterocycles. The van der Waals surface area contributed by atoms with Gasteiger partial charge in [0.2, 0.25) is 0 Å². The molecule has 1 rings (SSSR count). The van der Waals surface area contributed by atoms with Crippen LogP contribution in [0, 0.1) is 5.41 Å². The third-order valence-corrected chi connectivity index (χ3v) is 3.74. The Morgan fingerprint density at radius 2 is 1.79 bits per heavy atom. The molecule has 0 aliphatic heterocycles. The summed E-state index contributed by atoms with van der Waals surface area (Å²) in [4.78, 5) is 11.0. The molecule has 0 saturated heterocycles. The average Bonchev–Trinajstić information content (AvgIpc) is 2.34. The molecule has 106 valence electrons. The quantitative estimate of drug-likeness (QED) is 0.766. The number of rotatable bonds is 5. The lowest BCUT2D eigenvalue weighted by Gasteiger charge is -2.43. The molecule has 4 heteroatoms. The number of aryl methyl sites for hydroxylation is 1. The van der Waals surface area contributed by atoms with Gasteiger partial charge >= 0.3 is 6.09 Å². The third kappa shape index (κ3) is 3.96. The van der Waals surface area contributed by atoms with Crippen molar-refractivity contribution in [1.82, 2.24) is 5.32 Å². The van der Waals surface area contributed by atoms with Gasteiger partial charge < -0.3 is 15.5 Å². The molecule has 0 radical (unpaired) electrons. The van der Waals surface area contributed by atoms with Gasteiger partial charge in [-0.3, -0.25) is 0 Å². The first kappa shape index (κ1) is 15.5. The molecule has 0 saturated carbocycles. The lowest BCUT2D eigenvalue weighted by Crippen LogP contribution is -2.59. The number of hydrogen-bond acceptors (Lipinski definition) is 2. The van der Waals surface area contributed by atoms with Gasteiger partial charge in [0, 0.05) is 0 Å². The van der Waals surface area contributed by atoms with E-state index in [9.17, 15) is 9.90 Å². The van der Waals surface area contributed by atoms with Crippen molar-refractivity contribution in [3.05, 3.63) is 35.9 Å². The number of aliphatic hydroxyl groups excluding tert-OH is 1. The fourth-order valence-corrected chi connectivity index (χ4v) is 2.19. The molecule has 0 aliphatic rings. The van der Waals surface area contributed by atoms with E-state index in [2.05, 4.69) is 5.32 Å². The number of nitrogens with one attached hydrogen (secondary N) is 1. The summed E-state index contributed by atoms with van der Waals surface area (Å²) in [5.41, 5.74) is -0.0689. The van der Waals surface area contributed by atoms with Crippen molar-refractivity contribution in [3.63, 3.8) is 0 Å². The number of carbonyl (C=O) groups is 1. The van der Waals surface area contributed by atoms with Crippen LogP contribution in [0.15, 0.2) is 30.3 Å². The first-order valence-electron chi connectivity index (χ1n) is 6.47. The Hall–Kier alpha value is -1.55. The number of amides is 1. The fraction of sp³-hybridized carbons (Fsp3) is 0.533. The van der Waals surface area contributed by atoms with Crippen LogP contribution >= 0.6 is 0 Å². The second-order valence-electron chi connectivity index (χ2n) is 5.91. The molecule has 1 aromatic rings. The Bertz CT molecular complexity index is 411. The van der Waals surface area contributed by atoms with Crippen molar-refractivity contribution in [1.29, 1.82) is 0 Å². The normalized spacial score (nSPS) is 14.7. The van der Waals surface area contributed by atoms with E-state index in [-0.39, 0.29) is 12.0 Å². The van der Waals surface area contributed by atoms with Gasteiger partial charge in [-0.2, -0.15) is 0 Å². The first-order valence-corrected chi connectivity index (χ1v) is 6.47. The van der Waals surface area contributed by atoms with Crippen molar-refractivity contribution in [3.8, 4) is 0 Å². The maximum atomic E-state index is 11.0. The fourth-order valence-electron chi connectivity index (χ4n) is 2.19. The predicted molar refractivity (Wildman–Crippen MR) is 75.2 cm³/mol. The van der Waals surface area contributed by atoms with Crippen LogP contribution in [0.5, 0.6) is 0 Å². The molecule has 1 aromatic carbocycles.